The van der Waals surface area contributed by atoms with Gasteiger partial charge in [-0.2, -0.15) is 0 Å². The van der Waals surface area contributed by atoms with E-state index in [0.29, 0.717) is 32.2 Å². The van der Waals surface area contributed by atoms with Crippen molar-refractivity contribution in [2.24, 2.45) is 11.8 Å². The lowest BCUT2D eigenvalue weighted by molar-refractivity contribution is -0.149. The topological polar surface area (TPSA) is 107 Å². The summed E-state index contributed by atoms with van der Waals surface area (Å²) in [6, 6.07) is 5.02. The summed E-state index contributed by atoms with van der Waals surface area (Å²) in [5.41, 5.74) is 1.58. The van der Waals surface area contributed by atoms with Crippen LogP contribution in [0, 0.1) is 25.7 Å². The fraction of sp³-hybridized carbons (Fsp3) is 0.593. The maximum absolute atomic E-state index is 14.3. The maximum atomic E-state index is 14.3. The van der Waals surface area contributed by atoms with Crippen LogP contribution >= 0.6 is 0 Å². The van der Waals surface area contributed by atoms with Gasteiger partial charge in [0.15, 0.2) is 0 Å². The number of aliphatic hydroxyl groups is 1. The number of benzene rings is 1. The summed E-state index contributed by atoms with van der Waals surface area (Å²) in [6.45, 7) is 8.49. The number of likely N-dealkylation sites (tertiary alicyclic amines) is 1. The number of aliphatic carboxylic acids is 1. The zero-order valence-electron chi connectivity index (χ0n) is 20.6. The lowest BCUT2D eigenvalue weighted by Gasteiger charge is -2.37. The minimum Gasteiger partial charge on any atom is -0.481 e. The zero-order valence-corrected chi connectivity index (χ0v) is 20.6. The van der Waals surface area contributed by atoms with Crippen LogP contribution < -0.4 is 4.90 Å². The number of fused-ring (bicyclic) bond motifs is 1. The Balaban J connectivity index is 1.72. The Morgan fingerprint density at radius 1 is 1.26 bits per heavy atom. The predicted octanol–water partition coefficient (Wildman–Crippen LogP) is 2.83. The summed E-state index contributed by atoms with van der Waals surface area (Å²) in [7, 11) is 0. The molecular weight excluding hydrogens is 448 g/mol. The molecule has 1 aromatic carbocycles. The molecule has 0 aliphatic carbocycles. The molecule has 8 nitrogen and oxygen atoms in total. The average molecular weight is 485 g/mol. The van der Waals surface area contributed by atoms with Crippen molar-refractivity contribution >= 4 is 23.5 Å². The number of hydrogen-bond acceptors (Lipinski definition) is 5. The first kappa shape index (κ1) is 25.4. The molecule has 2 bridgehead atoms. The van der Waals surface area contributed by atoms with Crippen LogP contribution in [0.3, 0.4) is 0 Å². The van der Waals surface area contributed by atoms with Crippen molar-refractivity contribution in [3.8, 4) is 0 Å². The SMILES string of the molecule is C=CCN(C(=O)[C@H]1N(CCCCCCO)C(=O)[C@@H]2[C@@H](C(=O)O)[C@H]3CC[C@]21O3)c1cc(C)ccc1C. The molecule has 3 aliphatic rings. The van der Waals surface area contributed by atoms with Crippen LogP contribution in [0.15, 0.2) is 30.9 Å². The van der Waals surface area contributed by atoms with Gasteiger partial charge in [-0.25, -0.2) is 0 Å². The summed E-state index contributed by atoms with van der Waals surface area (Å²) in [4.78, 5) is 43.4. The first-order valence-corrected chi connectivity index (χ1v) is 12.6. The van der Waals surface area contributed by atoms with Crippen LogP contribution in [0.25, 0.3) is 0 Å². The van der Waals surface area contributed by atoms with Crippen molar-refractivity contribution in [2.75, 3.05) is 24.6 Å². The maximum Gasteiger partial charge on any atom is 0.310 e. The quantitative estimate of drug-likeness (QED) is 0.369. The van der Waals surface area contributed by atoms with E-state index in [1.807, 2.05) is 32.0 Å². The number of unbranched alkanes of at least 4 members (excludes halogenated alkanes) is 3. The number of hydrogen-bond donors (Lipinski definition) is 2. The monoisotopic (exact) mass is 484 g/mol. The average Bonchev–Trinajstić information content (AvgIpc) is 3.46. The normalized spacial score (nSPS) is 28.9. The van der Waals surface area contributed by atoms with Crippen molar-refractivity contribution in [3.63, 3.8) is 0 Å². The minimum absolute atomic E-state index is 0.122. The van der Waals surface area contributed by atoms with Gasteiger partial charge in [0.1, 0.15) is 11.6 Å². The Morgan fingerprint density at radius 3 is 2.69 bits per heavy atom. The van der Waals surface area contributed by atoms with Crippen LogP contribution in [0.4, 0.5) is 5.69 Å². The van der Waals surface area contributed by atoms with Gasteiger partial charge < -0.3 is 24.7 Å². The molecule has 1 aromatic rings. The standard InChI is InChI=1S/C27H36N2O6/c1-4-13-28(19-16-17(2)9-10-18(19)3)25(32)23-27-12-11-20(35-27)21(26(33)34)22(27)24(31)29(23)14-7-5-6-8-15-30/h4,9-10,16,20-23,30H,1,5-8,11-15H2,2-3H3,(H,33,34)/t20-,21+,22+,23-,27+/m1/s1. The number of aliphatic hydroxyl groups excluding tert-OH is 1. The van der Waals surface area contributed by atoms with Crippen molar-refractivity contribution < 1.29 is 29.3 Å². The van der Waals surface area contributed by atoms with Crippen LogP contribution in [-0.2, 0) is 19.1 Å². The second-order valence-corrected chi connectivity index (χ2v) is 10.1. The van der Waals surface area contributed by atoms with Crippen LogP contribution in [0.2, 0.25) is 0 Å². The molecule has 35 heavy (non-hydrogen) atoms. The van der Waals surface area contributed by atoms with Crippen LogP contribution in [-0.4, -0.2) is 70.3 Å². The second-order valence-electron chi connectivity index (χ2n) is 10.1. The van der Waals surface area contributed by atoms with Gasteiger partial charge in [0.05, 0.1) is 17.9 Å². The molecule has 1 spiro atoms. The fourth-order valence-electron chi connectivity index (χ4n) is 6.30. The number of nitrogens with zero attached hydrogens (tertiary/aromatic N) is 2. The third-order valence-electron chi connectivity index (χ3n) is 7.86. The van der Waals surface area contributed by atoms with E-state index in [9.17, 15) is 19.5 Å². The van der Waals surface area contributed by atoms with Crippen molar-refractivity contribution in [1.29, 1.82) is 0 Å². The van der Waals surface area contributed by atoms with E-state index in [-0.39, 0.29) is 25.0 Å². The molecule has 0 saturated carbocycles. The molecular formula is C27H36N2O6. The fourth-order valence-corrected chi connectivity index (χ4v) is 6.30. The number of rotatable bonds is 11. The third kappa shape index (κ3) is 4.27. The smallest absolute Gasteiger partial charge is 0.310 e. The molecule has 3 saturated heterocycles. The van der Waals surface area contributed by atoms with E-state index in [1.54, 1.807) is 15.9 Å². The summed E-state index contributed by atoms with van der Waals surface area (Å²) in [5, 5.41) is 19.0. The van der Waals surface area contributed by atoms with E-state index in [4.69, 9.17) is 9.84 Å². The molecule has 4 rings (SSSR count). The van der Waals surface area contributed by atoms with Crippen molar-refractivity contribution in [3.05, 3.63) is 42.0 Å². The molecule has 5 atom stereocenters. The minimum atomic E-state index is -1.12. The second kappa shape index (κ2) is 10.1. The molecule has 3 fully saturated rings. The van der Waals surface area contributed by atoms with Crippen LogP contribution in [0.5, 0.6) is 0 Å². The number of ether oxygens (including phenoxy) is 1. The Kier molecular flexibility index (Phi) is 7.33. The van der Waals surface area contributed by atoms with Gasteiger partial charge >= 0.3 is 5.97 Å². The van der Waals surface area contributed by atoms with Crippen LogP contribution in [0.1, 0.15) is 49.7 Å². The first-order chi connectivity index (χ1) is 16.8. The van der Waals surface area contributed by atoms with Gasteiger partial charge in [-0.1, -0.05) is 31.1 Å². The number of carboxylic acids is 1. The van der Waals surface area contributed by atoms with Gasteiger partial charge in [0, 0.05) is 25.4 Å². The molecule has 0 unspecified atom stereocenters. The lowest BCUT2D eigenvalue weighted by atomic mass is 9.70. The molecule has 3 heterocycles. The molecule has 2 amide bonds. The van der Waals surface area contributed by atoms with Crippen molar-refractivity contribution in [1.82, 2.24) is 4.90 Å². The third-order valence-corrected chi connectivity index (χ3v) is 7.86. The Hall–Kier alpha value is -2.71. The highest BCUT2D eigenvalue weighted by molar-refractivity contribution is 6.05. The van der Waals surface area contributed by atoms with Gasteiger partial charge in [-0.05, 0) is 56.7 Å². The van der Waals surface area contributed by atoms with Gasteiger partial charge in [0.2, 0.25) is 5.91 Å². The molecule has 3 aliphatic heterocycles. The highest BCUT2D eigenvalue weighted by Crippen LogP contribution is 2.58. The van der Waals surface area contributed by atoms with E-state index in [1.165, 1.54) is 0 Å². The molecule has 2 N–H and O–H groups in total. The summed E-state index contributed by atoms with van der Waals surface area (Å²) in [6.07, 6.45) is 5.13. The van der Waals surface area contributed by atoms with E-state index >= 15 is 0 Å². The molecule has 8 heteroatoms. The highest BCUT2D eigenvalue weighted by atomic mass is 16.5. The Labute approximate surface area is 206 Å². The molecule has 190 valence electrons. The molecule has 0 aromatic heterocycles. The highest BCUT2D eigenvalue weighted by Gasteiger charge is 2.74. The van der Waals surface area contributed by atoms with E-state index in [2.05, 4.69) is 6.58 Å². The van der Waals surface area contributed by atoms with Crippen molar-refractivity contribution in [2.45, 2.75) is 70.1 Å². The predicted molar refractivity (Wildman–Crippen MR) is 131 cm³/mol. The summed E-state index contributed by atoms with van der Waals surface area (Å²) >= 11 is 0. The van der Waals surface area contributed by atoms with E-state index in [0.717, 1.165) is 29.7 Å². The number of carboxylic acid groups (broad SMARTS) is 1. The van der Waals surface area contributed by atoms with Gasteiger partial charge in [0.25, 0.3) is 5.91 Å². The van der Waals surface area contributed by atoms with Gasteiger partial charge in [-0.3, -0.25) is 14.4 Å². The Morgan fingerprint density at radius 2 is 2.00 bits per heavy atom. The zero-order chi connectivity index (χ0) is 25.3. The number of anilines is 1. The summed E-state index contributed by atoms with van der Waals surface area (Å²) in [5.74, 6) is -3.37. The largest absolute Gasteiger partial charge is 0.481 e. The van der Waals surface area contributed by atoms with E-state index < -0.39 is 35.6 Å². The molecule has 0 radical (unpaired) electrons. The number of carbonyl (C=O) groups excluding carboxylic acids is 2. The number of amides is 2. The number of carbonyl (C=O) groups is 3. The summed E-state index contributed by atoms with van der Waals surface area (Å²) < 4.78 is 6.31. The van der Waals surface area contributed by atoms with Gasteiger partial charge in [-0.15, -0.1) is 6.58 Å². The Bertz CT molecular complexity index is 1010. The lowest BCUT2D eigenvalue weighted by Crippen LogP contribution is -2.56. The first-order valence-electron chi connectivity index (χ1n) is 12.6. The number of aryl methyl sites for hydroxylation is 2.